The Labute approximate surface area is 119 Å². The van der Waals surface area contributed by atoms with Gasteiger partial charge in [0.05, 0.1) is 12.1 Å². The molecule has 1 atom stereocenters. The van der Waals surface area contributed by atoms with Crippen molar-refractivity contribution in [2.24, 2.45) is 0 Å². The maximum absolute atomic E-state index is 9.90. The Morgan fingerprint density at radius 3 is 2.35 bits per heavy atom. The summed E-state index contributed by atoms with van der Waals surface area (Å²) >= 11 is 0. The van der Waals surface area contributed by atoms with Gasteiger partial charge in [0.1, 0.15) is 5.75 Å². The highest BCUT2D eigenvalue weighted by atomic mass is 16.3. The van der Waals surface area contributed by atoms with Crippen LogP contribution in [-0.4, -0.2) is 16.8 Å². The van der Waals surface area contributed by atoms with Crippen LogP contribution in [0, 0.1) is 6.92 Å². The Morgan fingerprint density at radius 2 is 1.80 bits per heavy atom. The quantitative estimate of drug-likeness (QED) is 0.781. The first-order valence-electron chi connectivity index (χ1n) is 6.85. The Balaban J connectivity index is 2.36. The van der Waals surface area contributed by atoms with Gasteiger partial charge >= 0.3 is 0 Å². The molecule has 0 aliphatic rings. The molecule has 0 heterocycles. The van der Waals surface area contributed by atoms with Crippen LogP contribution in [0.5, 0.6) is 5.75 Å². The van der Waals surface area contributed by atoms with Crippen molar-refractivity contribution < 1.29 is 10.2 Å². The number of aryl methyl sites for hydroxylation is 1. The highest BCUT2D eigenvalue weighted by molar-refractivity contribution is 5.50. The van der Waals surface area contributed by atoms with Crippen LogP contribution in [0.1, 0.15) is 24.5 Å². The number of nitrogens with one attached hydrogen (secondary N) is 1. The first-order valence-corrected chi connectivity index (χ1v) is 6.85. The van der Waals surface area contributed by atoms with Crippen molar-refractivity contribution in [3.8, 4) is 5.75 Å². The lowest BCUT2D eigenvalue weighted by Gasteiger charge is -2.34. The van der Waals surface area contributed by atoms with Gasteiger partial charge in [0.2, 0.25) is 0 Å². The summed E-state index contributed by atoms with van der Waals surface area (Å²) in [5.74, 6) is 0.229. The van der Waals surface area contributed by atoms with Crippen LogP contribution in [0.2, 0.25) is 0 Å². The Morgan fingerprint density at radius 1 is 1.10 bits per heavy atom. The number of phenolic OH excluding ortho intramolecular Hbond substituents is 1. The second-order valence-electron chi connectivity index (χ2n) is 5.14. The van der Waals surface area contributed by atoms with Crippen molar-refractivity contribution in [1.82, 2.24) is 0 Å². The van der Waals surface area contributed by atoms with Crippen molar-refractivity contribution in [3.05, 3.63) is 59.7 Å². The standard InChI is InChI=1S/C17H21NO2/c1-3-17(12-19,14-7-9-16(20)10-8-14)18-15-6-4-5-13(2)11-15/h4-11,18-20H,3,12H2,1-2H3. The third-order valence-corrected chi connectivity index (χ3v) is 3.70. The summed E-state index contributed by atoms with van der Waals surface area (Å²) in [4.78, 5) is 0. The lowest BCUT2D eigenvalue weighted by atomic mass is 9.87. The zero-order valence-electron chi connectivity index (χ0n) is 11.9. The summed E-state index contributed by atoms with van der Waals surface area (Å²) in [6, 6.07) is 15.1. The third-order valence-electron chi connectivity index (χ3n) is 3.70. The Hall–Kier alpha value is -2.00. The van der Waals surface area contributed by atoms with Gasteiger partial charge in [0.25, 0.3) is 0 Å². The molecule has 0 aliphatic carbocycles. The van der Waals surface area contributed by atoms with Gasteiger partial charge in [-0.3, -0.25) is 0 Å². The molecule has 1 unspecified atom stereocenters. The molecule has 0 fully saturated rings. The van der Waals surface area contributed by atoms with E-state index >= 15 is 0 Å². The molecule has 0 bridgehead atoms. The summed E-state index contributed by atoms with van der Waals surface area (Å²) < 4.78 is 0. The minimum absolute atomic E-state index is 0.0117. The van der Waals surface area contributed by atoms with Crippen LogP contribution in [0.4, 0.5) is 5.69 Å². The van der Waals surface area contributed by atoms with Gasteiger partial charge in [-0.25, -0.2) is 0 Å². The molecular formula is C17H21NO2. The second-order valence-corrected chi connectivity index (χ2v) is 5.14. The molecule has 3 nitrogen and oxygen atoms in total. The zero-order chi connectivity index (χ0) is 14.6. The summed E-state index contributed by atoms with van der Waals surface area (Å²) in [6.45, 7) is 4.06. The fraction of sp³-hybridized carbons (Fsp3) is 0.294. The third kappa shape index (κ3) is 2.94. The molecule has 2 aromatic rings. The molecular weight excluding hydrogens is 250 g/mol. The normalized spacial score (nSPS) is 13.8. The monoisotopic (exact) mass is 271 g/mol. The average molecular weight is 271 g/mol. The molecule has 3 heteroatoms. The highest BCUT2D eigenvalue weighted by Gasteiger charge is 2.29. The van der Waals surface area contributed by atoms with Crippen LogP contribution in [0.15, 0.2) is 48.5 Å². The molecule has 0 saturated heterocycles. The van der Waals surface area contributed by atoms with Crippen LogP contribution in [0.3, 0.4) is 0 Å². The van der Waals surface area contributed by atoms with Crippen molar-refractivity contribution >= 4 is 5.69 Å². The predicted molar refractivity (Wildman–Crippen MR) is 82.0 cm³/mol. The van der Waals surface area contributed by atoms with E-state index < -0.39 is 5.54 Å². The number of hydrogen-bond donors (Lipinski definition) is 3. The average Bonchev–Trinajstić information content (AvgIpc) is 2.46. The van der Waals surface area contributed by atoms with Crippen molar-refractivity contribution in [2.45, 2.75) is 25.8 Å². The minimum Gasteiger partial charge on any atom is -0.508 e. The van der Waals surface area contributed by atoms with Gasteiger partial charge < -0.3 is 15.5 Å². The van der Waals surface area contributed by atoms with Crippen molar-refractivity contribution in [3.63, 3.8) is 0 Å². The first-order chi connectivity index (χ1) is 9.59. The number of rotatable bonds is 5. The number of aromatic hydroxyl groups is 1. The fourth-order valence-electron chi connectivity index (χ4n) is 2.39. The summed E-state index contributed by atoms with van der Waals surface area (Å²) in [5, 5.41) is 22.8. The van der Waals surface area contributed by atoms with E-state index in [0.29, 0.717) is 0 Å². The molecule has 0 aromatic heterocycles. The lowest BCUT2D eigenvalue weighted by molar-refractivity contribution is 0.207. The van der Waals surface area contributed by atoms with E-state index in [9.17, 15) is 10.2 Å². The van der Waals surface area contributed by atoms with Crippen LogP contribution in [0.25, 0.3) is 0 Å². The zero-order valence-corrected chi connectivity index (χ0v) is 11.9. The van der Waals surface area contributed by atoms with E-state index in [1.54, 1.807) is 12.1 Å². The van der Waals surface area contributed by atoms with Gasteiger partial charge in [-0.05, 0) is 48.7 Å². The second kappa shape index (κ2) is 5.97. The van der Waals surface area contributed by atoms with Gasteiger partial charge in [-0.2, -0.15) is 0 Å². The number of aliphatic hydroxyl groups excluding tert-OH is 1. The number of benzene rings is 2. The fourth-order valence-corrected chi connectivity index (χ4v) is 2.39. The Bertz CT molecular complexity index is 559. The first kappa shape index (κ1) is 14.4. The van der Waals surface area contributed by atoms with E-state index in [2.05, 4.69) is 11.4 Å². The molecule has 20 heavy (non-hydrogen) atoms. The number of hydrogen-bond acceptors (Lipinski definition) is 3. The molecule has 0 aliphatic heterocycles. The highest BCUT2D eigenvalue weighted by Crippen LogP contribution is 2.30. The van der Waals surface area contributed by atoms with E-state index in [1.165, 1.54) is 5.56 Å². The van der Waals surface area contributed by atoms with E-state index in [1.807, 2.05) is 44.2 Å². The SMILES string of the molecule is CCC(CO)(Nc1cccc(C)c1)c1ccc(O)cc1. The van der Waals surface area contributed by atoms with Crippen molar-refractivity contribution in [2.75, 3.05) is 11.9 Å². The van der Waals surface area contributed by atoms with Gasteiger partial charge in [-0.1, -0.05) is 31.2 Å². The minimum atomic E-state index is -0.540. The molecule has 0 radical (unpaired) electrons. The topological polar surface area (TPSA) is 52.5 Å². The van der Waals surface area contributed by atoms with Crippen LogP contribution >= 0.6 is 0 Å². The molecule has 3 N–H and O–H groups in total. The number of phenols is 1. The molecule has 0 saturated carbocycles. The largest absolute Gasteiger partial charge is 0.508 e. The van der Waals surface area contributed by atoms with Crippen molar-refractivity contribution in [1.29, 1.82) is 0 Å². The molecule has 106 valence electrons. The van der Waals surface area contributed by atoms with Crippen LogP contribution in [-0.2, 0) is 5.54 Å². The Kier molecular flexibility index (Phi) is 4.30. The summed E-state index contributed by atoms with van der Waals surface area (Å²) in [5.41, 5.74) is 2.57. The van der Waals surface area contributed by atoms with Crippen LogP contribution < -0.4 is 5.32 Å². The number of anilines is 1. The number of aliphatic hydroxyl groups is 1. The van der Waals surface area contributed by atoms with E-state index in [-0.39, 0.29) is 12.4 Å². The van der Waals surface area contributed by atoms with Gasteiger partial charge in [0, 0.05) is 5.69 Å². The summed E-state index contributed by atoms with van der Waals surface area (Å²) in [7, 11) is 0. The van der Waals surface area contributed by atoms with E-state index in [4.69, 9.17) is 0 Å². The molecule has 2 aromatic carbocycles. The van der Waals surface area contributed by atoms with Gasteiger partial charge in [-0.15, -0.1) is 0 Å². The maximum Gasteiger partial charge on any atom is 0.115 e. The molecule has 0 spiro atoms. The van der Waals surface area contributed by atoms with E-state index in [0.717, 1.165) is 17.7 Å². The smallest absolute Gasteiger partial charge is 0.115 e. The van der Waals surface area contributed by atoms with Gasteiger partial charge in [0.15, 0.2) is 0 Å². The molecule has 0 amide bonds. The summed E-state index contributed by atoms with van der Waals surface area (Å²) in [6.07, 6.45) is 0.738. The molecule has 2 rings (SSSR count). The predicted octanol–water partition coefficient (Wildman–Crippen LogP) is 3.41. The lowest BCUT2D eigenvalue weighted by Crippen LogP contribution is -2.38. The maximum atomic E-state index is 9.90.